The maximum atomic E-state index is 15.7. The standard InChI is InChI=1S/C33H38F3N7O3/c1-17-24-7-6-19-11-26(43(29(19)39-24)16-33(35,36)8-4-5-18-9-23(18)31(44)38-17)30-40-25-10-20(12-27(46-3)28(25)41(30)2)32(45)42-14-21(34)13-22(37)15-42/h6-7,10-12,17-18,21-23H,4-5,8-9,13-16,37H2,1-3H3,(H,38,44)/t17-,18-,21-,22-,23-/m1/s1. The molecule has 2 fully saturated rings. The van der Waals surface area contributed by atoms with Crippen LogP contribution in [0.15, 0.2) is 30.3 Å². The van der Waals surface area contributed by atoms with Crippen molar-refractivity contribution in [2.45, 2.75) is 69.8 Å². The molecule has 46 heavy (non-hydrogen) atoms. The summed E-state index contributed by atoms with van der Waals surface area (Å²) in [6.07, 6.45) is 0.312. The van der Waals surface area contributed by atoms with Gasteiger partial charge < -0.3 is 29.8 Å². The summed E-state index contributed by atoms with van der Waals surface area (Å²) < 4.78 is 54.6. The van der Waals surface area contributed by atoms with Crippen molar-refractivity contribution in [1.29, 1.82) is 0 Å². The Bertz CT molecular complexity index is 1840. The van der Waals surface area contributed by atoms with Crippen molar-refractivity contribution in [2.24, 2.45) is 24.6 Å². The largest absolute Gasteiger partial charge is 0.494 e. The fraction of sp³-hybridized carbons (Fsp3) is 0.515. The summed E-state index contributed by atoms with van der Waals surface area (Å²) in [7, 11) is 3.24. The van der Waals surface area contributed by atoms with Crippen LogP contribution in [-0.2, 0) is 18.4 Å². The van der Waals surface area contributed by atoms with Crippen molar-refractivity contribution in [2.75, 3.05) is 20.2 Å². The number of rotatable bonds is 3. The summed E-state index contributed by atoms with van der Waals surface area (Å²) in [5.41, 5.74) is 8.62. The van der Waals surface area contributed by atoms with Gasteiger partial charge in [0.1, 0.15) is 23.1 Å². The van der Waals surface area contributed by atoms with Gasteiger partial charge in [0.05, 0.1) is 43.1 Å². The van der Waals surface area contributed by atoms with Gasteiger partial charge in [-0.15, -0.1) is 0 Å². The predicted octanol–water partition coefficient (Wildman–Crippen LogP) is 4.74. The lowest BCUT2D eigenvalue weighted by Crippen LogP contribution is -2.50. The zero-order valence-corrected chi connectivity index (χ0v) is 26.1. The van der Waals surface area contributed by atoms with E-state index in [1.54, 1.807) is 35.9 Å². The van der Waals surface area contributed by atoms with E-state index in [2.05, 4.69) is 5.32 Å². The van der Waals surface area contributed by atoms with E-state index in [0.29, 0.717) is 57.9 Å². The second kappa shape index (κ2) is 11.3. The minimum atomic E-state index is -3.04. The maximum absolute atomic E-state index is 15.7. The number of alkyl halides is 3. The number of nitrogens with one attached hydrogen (secondary N) is 1. The topological polar surface area (TPSA) is 120 Å². The minimum Gasteiger partial charge on any atom is -0.494 e. The third kappa shape index (κ3) is 5.48. The van der Waals surface area contributed by atoms with Crippen LogP contribution in [0.5, 0.6) is 5.75 Å². The Morgan fingerprint density at radius 3 is 2.72 bits per heavy atom. The highest BCUT2D eigenvalue weighted by atomic mass is 19.3. The molecule has 2 amide bonds. The molecule has 1 saturated carbocycles. The van der Waals surface area contributed by atoms with E-state index in [1.165, 1.54) is 16.6 Å². The molecule has 13 heteroatoms. The number of nitrogens with two attached hydrogens (primary N) is 1. The number of pyridine rings is 1. The van der Waals surface area contributed by atoms with Crippen LogP contribution in [0.1, 0.15) is 61.1 Å². The van der Waals surface area contributed by atoms with Gasteiger partial charge in [0, 0.05) is 42.9 Å². The van der Waals surface area contributed by atoms with E-state index < -0.39 is 30.7 Å². The summed E-state index contributed by atoms with van der Waals surface area (Å²) in [5.74, 6) is -2.71. The highest BCUT2D eigenvalue weighted by molar-refractivity contribution is 6.00. The lowest BCUT2D eigenvalue weighted by atomic mass is 10.0. The first kappa shape index (κ1) is 30.5. The molecule has 2 bridgehead atoms. The van der Waals surface area contributed by atoms with Crippen LogP contribution in [0.2, 0.25) is 0 Å². The van der Waals surface area contributed by atoms with Crippen LogP contribution < -0.4 is 15.8 Å². The van der Waals surface area contributed by atoms with Gasteiger partial charge in [0.25, 0.3) is 11.8 Å². The molecule has 1 aromatic carbocycles. The Morgan fingerprint density at radius 2 is 1.96 bits per heavy atom. The van der Waals surface area contributed by atoms with Crippen LogP contribution in [0, 0.1) is 11.8 Å². The number of imidazole rings is 1. The highest BCUT2D eigenvalue weighted by Gasteiger charge is 2.43. The van der Waals surface area contributed by atoms with E-state index in [9.17, 15) is 14.0 Å². The lowest BCUT2D eigenvalue weighted by molar-refractivity contribution is -0.123. The van der Waals surface area contributed by atoms with Crippen molar-refractivity contribution in [3.05, 3.63) is 41.6 Å². The summed E-state index contributed by atoms with van der Waals surface area (Å²) in [6, 6.07) is 7.77. The zero-order chi connectivity index (χ0) is 32.5. The number of carbonyl (C=O) groups excluding carboxylic acids is 2. The molecule has 3 aliphatic rings. The van der Waals surface area contributed by atoms with Crippen LogP contribution in [0.4, 0.5) is 13.2 Å². The van der Waals surface area contributed by atoms with Gasteiger partial charge in [-0.1, -0.05) is 0 Å². The van der Waals surface area contributed by atoms with Crippen molar-refractivity contribution in [3.63, 3.8) is 0 Å². The molecule has 5 heterocycles. The van der Waals surface area contributed by atoms with Crippen LogP contribution in [0.3, 0.4) is 0 Å². The molecule has 1 aliphatic carbocycles. The summed E-state index contributed by atoms with van der Waals surface area (Å²) >= 11 is 0. The number of piperidine rings is 1. The third-order valence-corrected chi connectivity index (χ3v) is 9.68. The average Bonchev–Trinajstić information content (AvgIpc) is 3.60. The first-order valence-electron chi connectivity index (χ1n) is 15.8. The highest BCUT2D eigenvalue weighted by Crippen LogP contribution is 2.44. The third-order valence-electron chi connectivity index (χ3n) is 9.68. The van der Waals surface area contributed by atoms with E-state index in [0.717, 1.165) is 6.42 Å². The Labute approximate surface area is 264 Å². The van der Waals surface area contributed by atoms with Crippen LogP contribution in [0.25, 0.3) is 33.6 Å². The summed E-state index contributed by atoms with van der Waals surface area (Å²) in [5, 5.41) is 3.71. The number of hydrogen-bond donors (Lipinski definition) is 2. The quantitative estimate of drug-likeness (QED) is 0.335. The van der Waals surface area contributed by atoms with Crippen LogP contribution >= 0.6 is 0 Å². The second-order valence-electron chi connectivity index (χ2n) is 13.2. The molecule has 5 atom stereocenters. The second-order valence-corrected chi connectivity index (χ2v) is 13.2. The van der Waals surface area contributed by atoms with Crippen LogP contribution in [-0.4, -0.2) is 74.2 Å². The number of likely N-dealkylation sites (tertiary alicyclic amines) is 1. The van der Waals surface area contributed by atoms with E-state index in [1.807, 2.05) is 13.0 Å². The number of aryl methyl sites for hydroxylation is 1. The van der Waals surface area contributed by atoms with E-state index in [4.69, 9.17) is 20.4 Å². The molecule has 7 rings (SSSR count). The van der Waals surface area contributed by atoms with Crippen molar-refractivity contribution < 1.29 is 27.5 Å². The van der Waals surface area contributed by atoms with Gasteiger partial charge in [-0.2, -0.15) is 0 Å². The number of methoxy groups -OCH3 is 1. The van der Waals surface area contributed by atoms with Gasteiger partial charge in [0.15, 0.2) is 5.82 Å². The number of hydrogen-bond acceptors (Lipinski definition) is 6. The van der Waals surface area contributed by atoms with Crippen molar-refractivity contribution in [3.8, 4) is 17.3 Å². The molecule has 0 unspecified atom stereocenters. The molecule has 1 saturated heterocycles. The number of nitrogens with zero attached hydrogens (tertiary/aromatic N) is 5. The monoisotopic (exact) mass is 637 g/mol. The number of ether oxygens (including phenoxy) is 1. The fourth-order valence-electron chi connectivity index (χ4n) is 7.19. The lowest BCUT2D eigenvalue weighted by Gasteiger charge is -2.33. The van der Waals surface area contributed by atoms with E-state index in [-0.39, 0.29) is 55.1 Å². The Hall–Kier alpha value is -4.13. The Kier molecular flexibility index (Phi) is 7.49. The molecular weight excluding hydrogens is 599 g/mol. The zero-order valence-electron chi connectivity index (χ0n) is 26.1. The van der Waals surface area contributed by atoms with Gasteiger partial charge in [-0.05, 0) is 68.9 Å². The summed E-state index contributed by atoms with van der Waals surface area (Å²) in [4.78, 5) is 37.3. The Morgan fingerprint density at radius 1 is 1.15 bits per heavy atom. The van der Waals surface area contributed by atoms with Gasteiger partial charge >= 0.3 is 0 Å². The molecule has 0 radical (unpaired) electrons. The first-order valence-corrected chi connectivity index (χ1v) is 15.8. The predicted molar refractivity (Wildman–Crippen MR) is 166 cm³/mol. The molecule has 0 spiro atoms. The fourth-order valence-corrected chi connectivity index (χ4v) is 7.19. The number of aromatic nitrogens is 4. The van der Waals surface area contributed by atoms with Crippen molar-refractivity contribution in [1.82, 2.24) is 29.3 Å². The average molecular weight is 638 g/mol. The number of carbonyl (C=O) groups is 2. The van der Waals surface area contributed by atoms with Gasteiger partial charge in [0.2, 0.25) is 5.91 Å². The van der Waals surface area contributed by atoms with Gasteiger partial charge in [-0.3, -0.25) is 9.59 Å². The van der Waals surface area contributed by atoms with Gasteiger partial charge in [-0.25, -0.2) is 23.1 Å². The molecule has 4 aromatic rings. The minimum absolute atomic E-state index is 0.0484. The molecule has 244 valence electrons. The van der Waals surface area contributed by atoms with E-state index >= 15 is 8.78 Å². The number of amides is 2. The first-order chi connectivity index (χ1) is 21.9. The molecule has 2 aliphatic heterocycles. The Balaban J connectivity index is 1.33. The van der Waals surface area contributed by atoms with Crippen molar-refractivity contribution >= 4 is 33.9 Å². The maximum Gasteiger partial charge on any atom is 0.265 e. The normalized spacial score (nSPS) is 26.5. The summed E-state index contributed by atoms with van der Waals surface area (Å²) in [6.45, 7) is 1.44. The molecule has 3 aromatic heterocycles. The molecule has 3 N–H and O–H groups in total. The number of halogens is 3. The number of benzene rings is 1. The molecular formula is C33H38F3N7O3. The molecule has 10 nitrogen and oxygen atoms in total. The number of fused-ring (bicyclic) bond motifs is 3. The smallest absolute Gasteiger partial charge is 0.265 e. The SMILES string of the molecule is COc1cc(C(=O)N2C[C@H](N)C[C@@H](F)C2)cc2nc(-c3cc4ccc5nc4n3CC(F)(F)CCC[C@@H]3C[C@H]3C(=O)N[C@@H]5C)n(C)c12.